The Bertz CT molecular complexity index is 696. The summed E-state index contributed by atoms with van der Waals surface area (Å²) in [6.45, 7) is 12.8. The van der Waals surface area contributed by atoms with Crippen LogP contribution in [-0.2, 0) is 20.7 Å². The number of hydrogen-bond acceptors (Lipinski definition) is 3. The molecule has 1 aromatic rings. The number of unbranched alkanes of at least 4 members (excludes halogenated alkanes) is 3. The normalized spacial score (nSPS) is 12.5. The first-order valence-corrected chi connectivity index (χ1v) is 11.0. The number of esters is 1. The summed E-state index contributed by atoms with van der Waals surface area (Å²) in [5.41, 5.74) is 1.20. The molecule has 1 aromatic carbocycles. The quantitative estimate of drug-likeness (QED) is 0.298. The van der Waals surface area contributed by atoms with Crippen LogP contribution in [-0.4, -0.2) is 48.6 Å². The van der Waals surface area contributed by atoms with Crippen molar-refractivity contribution in [3.63, 3.8) is 0 Å². The fourth-order valence-corrected chi connectivity index (χ4v) is 3.15. The Hall–Kier alpha value is -1.85. The molecule has 31 heavy (non-hydrogen) atoms. The molecule has 0 fully saturated rings. The smallest absolute Gasteiger partial charge is 0.329 e. The van der Waals surface area contributed by atoms with Gasteiger partial charge in [0.1, 0.15) is 23.8 Å². The van der Waals surface area contributed by atoms with Gasteiger partial charge in [0.2, 0.25) is 5.91 Å². The van der Waals surface area contributed by atoms with E-state index in [1.165, 1.54) is 19.3 Å². The third-order valence-electron chi connectivity index (χ3n) is 5.10. The van der Waals surface area contributed by atoms with Gasteiger partial charge in [0, 0.05) is 6.42 Å². The van der Waals surface area contributed by atoms with Crippen molar-refractivity contribution in [2.45, 2.75) is 77.9 Å². The number of halogens is 1. The number of carbonyl (C=O) groups is 2. The van der Waals surface area contributed by atoms with Crippen molar-refractivity contribution in [3.8, 4) is 0 Å². The number of hydrogen-bond donors (Lipinski definition) is 1. The average Bonchev–Trinajstić information content (AvgIpc) is 2.64. The summed E-state index contributed by atoms with van der Waals surface area (Å²) in [6, 6.07) is 8.92. The zero-order valence-electron chi connectivity index (χ0n) is 20.2. The lowest BCUT2D eigenvalue weighted by Crippen LogP contribution is -3.00. The van der Waals surface area contributed by atoms with E-state index in [2.05, 4.69) is 32.9 Å². The van der Waals surface area contributed by atoms with E-state index in [9.17, 15) is 9.59 Å². The summed E-state index contributed by atoms with van der Waals surface area (Å²) in [4.78, 5) is 25.5. The molecule has 0 aliphatic rings. The average molecular weight is 453 g/mol. The fraction of sp³-hybridized carbons (Fsp3) is 0.600. The van der Waals surface area contributed by atoms with Gasteiger partial charge in [0.05, 0.1) is 20.6 Å². The van der Waals surface area contributed by atoms with E-state index in [4.69, 9.17) is 4.74 Å². The second-order valence-corrected chi connectivity index (χ2v) is 9.56. The van der Waals surface area contributed by atoms with Crippen LogP contribution in [0.1, 0.15) is 65.4 Å². The molecule has 0 unspecified atom stereocenters. The number of carbonyl (C=O) groups excluding carboxylic acids is 2. The number of amides is 1. The van der Waals surface area contributed by atoms with E-state index in [1.807, 2.05) is 51.1 Å². The van der Waals surface area contributed by atoms with Crippen molar-refractivity contribution in [1.82, 2.24) is 5.32 Å². The van der Waals surface area contributed by atoms with E-state index in [0.717, 1.165) is 24.2 Å². The van der Waals surface area contributed by atoms with Gasteiger partial charge in [-0.15, -0.1) is 0 Å². The first kappa shape index (κ1) is 29.1. The first-order chi connectivity index (χ1) is 13.9. The van der Waals surface area contributed by atoms with E-state index in [1.54, 1.807) is 0 Å². The third-order valence-corrected chi connectivity index (χ3v) is 5.10. The van der Waals surface area contributed by atoms with Gasteiger partial charge >= 0.3 is 5.97 Å². The standard InChI is InChI=1S/C25H40N2O3.ClH/c1-8-9-10-14-17-27(6,7)20(2)18-23(28)26-22(24(29)30-25(3,4)5)19-21-15-12-11-13-16-21;/h11-13,15-16,22H,2,8-10,14,17-19H2,1,3-7H3;1H/t22-;/m0./s1. The molecule has 1 amide bonds. The van der Waals surface area contributed by atoms with Crippen LogP contribution in [0, 0.1) is 0 Å². The number of rotatable bonds is 12. The lowest BCUT2D eigenvalue weighted by molar-refractivity contribution is -0.853. The highest BCUT2D eigenvalue weighted by Crippen LogP contribution is 2.17. The zero-order valence-corrected chi connectivity index (χ0v) is 20.9. The molecule has 0 aliphatic carbocycles. The van der Waals surface area contributed by atoms with Crippen LogP contribution < -0.4 is 17.7 Å². The number of benzene rings is 1. The molecule has 5 nitrogen and oxygen atoms in total. The summed E-state index contributed by atoms with van der Waals surface area (Å²) in [5, 5.41) is 2.88. The van der Waals surface area contributed by atoms with Crippen molar-refractivity contribution < 1.29 is 31.2 Å². The Balaban J connectivity index is 0.00000900. The van der Waals surface area contributed by atoms with Crippen LogP contribution in [0.4, 0.5) is 0 Å². The fourth-order valence-electron chi connectivity index (χ4n) is 3.15. The highest BCUT2D eigenvalue weighted by atomic mass is 35.5. The van der Waals surface area contributed by atoms with Crippen molar-refractivity contribution in [2.24, 2.45) is 0 Å². The summed E-state index contributed by atoms with van der Waals surface area (Å²) >= 11 is 0. The zero-order chi connectivity index (χ0) is 22.8. The third kappa shape index (κ3) is 11.9. The molecule has 0 bridgehead atoms. The topological polar surface area (TPSA) is 55.4 Å². The molecule has 0 saturated carbocycles. The second-order valence-electron chi connectivity index (χ2n) is 9.56. The molecule has 1 N–H and O–H groups in total. The number of nitrogens with zero attached hydrogens (tertiary/aromatic N) is 1. The van der Waals surface area contributed by atoms with Gasteiger partial charge in [0.25, 0.3) is 0 Å². The molecule has 6 heteroatoms. The SMILES string of the molecule is C=C(CC(=O)N[C@@H](Cc1ccccc1)C(=O)OC(C)(C)C)[N+](C)(C)CCCCCC.[Cl-]. The van der Waals surface area contributed by atoms with Gasteiger partial charge in [0.15, 0.2) is 0 Å². The monoisotopic (exact) mass is 452 g/mol. The number of quaternary nitrogens is 1. The van der Waals surface area contributed by atoms with Crippen molar-refractivity contribution in [1.29, 1.82) is 0 Å². The van der Waals surface area contributed by atoms with Crippen LogP contribution in [0.25, 0.3) is 0 Å². The molecule has 0 aliphatic heterocycles. The molecular formula is C25H41ClN2O3. The Morgan fingerprint density at radius 2 is 1.71 bits per heavy atom. The molecule has 1 atom stereocenters. The van der Waals surface area contributed by atoms with Gasteiger partial charge in [-0.05, 0) is 45.8 Å². The highest BCUT2D eigenvalue weighted by Gasteiger charge is 2.29. The molecule has 0 radical (unpaired) electrons. The maximum atomic E-state index is 12.8. The summed E-state index contributed by atoms with van der Waals surface area (Å²) in [6.07, 6.45) is 5.30. The molecule has 176 valence electrons. The Morgan fingerprint density at radius 1 is 1.10 bits per heavy atom. The van der Waals surface area contributed by atoms with Gasteiger partial charge in [-0.2, -0.15) is 0 Å². The second kappa shape index (κ2) is 13.5. The highest BCUT2D eigenvalue weighted by molar-refractivity contribution is 5.85. The maximum Gasteiger partial charge on any atom is 0.329 e. The summed E-state index contributed by atoms with van der Waals surface area (Å²) in [5.74, 6) is -0.620. The molecular weight excluding hydrogens is 412 g/mol. The van der Waals surface area contributed by atoms with Crippen LogP contribution >= 0.6 is 0 Å². The predicted molar refractivity (Wildman–Crippen MR) is 123 cm³/mol. The van der Waals surface area contributed by atoms with Gasteiger partial charge in [-0.3, -0.25) is 9.28 Å². The summed E-state index contributed by atoms with van der Waals surface area (Å²) < 4.78 is 6.15. The Morgan fingerprint density at radius 3 is 2.26 bits per heavy atom. The van der Waals surface area contributed by atoms with E-state index < -0.39 is 17.6 Å². The predicted octanol–water partition coefficient (Wildman–Crippen LogP) is 1.62. The first-order valence-electron chi connectivity index (χ1n) is 11.0. The molecule has 1 rings (SSSR count). The van der Waals surface area contributed by atoms with E-state index in [0.29, 0.717) is 10.9 Å². The van der Waals surface area contributed by atoms with Crippen molar-refractivity contribution >= 4 is 11.9 Å². The number of ether oxygens (including phenoxy) is 1. The lowest BCUT2D eigenvalue weighted by atomic mass is 10.0. The summed E-state index contributed by atoms with van der Waals surface area (Å²) in [7, 11) is 4.16. The number of nitrogens with one attached hydrogen (secondary N) is 1. The van der Waals surface area contributed by atoms with E-state index >= 15 is 0 Å². The van der Waals surface area contributed by atoms with Crippen LogP contribution in [0.5, 0.6) is 0 Å². The Kier molecular flexibility index (Phi) is 12.7. The van der Waals surface area contributed by atoms with Crippen LogP contribution in [0.15, 0.2) is 42.6 Å². The molecule has 0 spiro atoms. The molecule has 0 aromatic heterocycles. The Labute approximate surface area is 195 Å². The van der Waals surface area contributed by atoms with Crippen LogP contribution in [0.3, 0.4) is 0 Å². The largest absolute Gasteiger partial charge is 1.00 e. The lowest BCUT2D eigenvalue weighted by Gasteiger charge is -2.31. The van der Waals surface area contributed by atoms with Crippen LogP contribution in [0.2, 0.25) is 0 Å². The van der Waals surface area contributed by atoms with Crippen molar-refractivity contribution in [2.75, 3.05) is 20.6 Å². The van der Waals surface area contributed by atoms with Crippen molar-refractivity contribution in [3.05, 3.63) is 48.2 Å². The van der Waals surface area contributed by atoms with Gasteiger partial charge < -0.3 is 22.5 Å². The molecule has 0 heterocycles. The molecule has 0 saturated heterocycles. The minimum absolute atomic E-state index is 0. The minimum atomic E-state index is -0.730. The minimum Gasteiger partial charge on any atom is -1.00 e. The van der Waals surface area contributed by atoms with Gasteiger partial charge in [-0.1, -0.05) is 50.1 Å². The van der Waals surface area contributed by atoms with Gasteiger partial charge in [-0.25, -0.2) is 4.79 Å². The maximum absolute atomic E-state index is 12.8. The van der Waals surface area contributed by atoms with E-state index in [-0.39, 0.29) is 24.7 Å².